The molecule has 0 amide bonds. The second kappa shape index (κ2) is 8.45. The van der Waals surface area contributed by atoms with E-state index in [0.29, 0.717) is 0 Å². The Morgan fingerprint density at radius 1 is 0.938 bits per heavy atom. The number of phenols is 1. The van der Waals surface area contributed by atoms with Gasteiger partial charge in [-0.1, -0.05) is 0 Å². The molecule has 5 atom stereocenters. The van der Waals surface area contributed by atoms with Gasteiger partial charge in [0.2, 0.25) is 11.7 Å². The van der Waals surface area contributed by atoms with Crippen molar-refractivity contribution in [1.82, 2.24) is 0 Å². The van der Waals surface area contributed by atoms with Crippen LogP contribution in [0.4, 0.5) is 0 Å². The number of hydrogen-bond donors (Lipinski definition) is 5. The van der Waals surface area contributed by atoms with Crippen molar-refractivity contribution in [2.45, 2.75) is 30.7 Å². The molecule has 0 spiro atoms. The molecule has 2 aromatic carbocycles. The minimum absolute atomic E-state index is 0.0611. The van der Waals surface area contributed by atoms with Gasteiger partial charge < -0.3 is 48.9 Å². The molecular weight excluding hydrogens is 428 g/mol. The van der Waals surface area contributed by atoms with Crippen LogP contribution in [0.5, 0.6) is 23.0 Å². The molecule has 172 valence electrons. The average molecular weight is 450 g/mol. The normalized spacial score (nSPS) is 25.8. The Bertz CT molecular complexity index is 1200. The maximum absolute atomic E-state index is 13.3. The summed E-state index contributed by atoms with van der Waals surface area (Å²) in [7, 11) is 2.72. The number of methoxy groups -OCH3 is 2. The SMILES string of the molecule is COc1cc(OC2OC(CO)C(O)C(O)C2O)c2c(=O)c3c(O)c(OC)ccc3oc2c1. The van der Waals surface area contributed by atoms with E-state index in [2.05, 4.69) is 0 Å². The number of benzene rings is 2. The van der Waals surface area contributed by atoms with E-state index < -0.39 is 48.5 Å². The van der Waals surface area contributed by atoms with Crippen LogP contribution >= 0.6 is 0 Å². The van der Waals surface area contributed by atoms with Gasteiger partial charge in [-0.05, 0) is 12.1 Å². The largest absolute Gasteiger partial charge is 0.504 e. The lowest BCUT2D eigenvalue weighted by Crippen LogP contribution is -2.60. The average Bonchev–Trinajstić information content (AvgIpc) is 2.79. The highest BCUT2D eigenvalue weighted by Gasteiger charge is 2.45. The van der Waals surface area contributed by atoms with Gasteiger partial charge in [-0.25, -0.2) is 0 Å². The summed E-state index contributed by atoms with van der Waals surface area (Å²) in [5, 5.41) is 49.9. The molecule has 1 aromatic heterocycles. The number of fused-ring (bicyclic) bond motifs is 2. The van der Waals surface area contributed by atoms with Gasteiger partial charge in [-0.15, -0.1) is 0 Å². The van der Waals surface area contributed by atoms with Gasteiger partial charge in [-0.2, -0.15) is 0 Å². The summed E-state index contributed by atoms with van der Waals surface area (Å²) in [6, 6.07) is 5.69. The molecule has 5 N–H and O–H groups in total. The fraction of sp³-hybridized carbons (Fsp3) is 0.381. The van der Waals surface area contributed by atoms with Crippen molar-refractivity contribution in [3.8, 4) is 23.0 Å². The molecule has 0 saturated carbocycles. The first-order valence-electron chi connectivity index (χ1n) is 9.62. The van der Waals surface area contributed by atoms with Crippen molar-refractivity contribution < 1.29 is 48.9 Å². The molecule has 1 saturated heterocycles. The highest BCUT2D eigenvalue weighted by Crippen LogP contribution is 2.38. The van der Waals surface area contributed by atoms with Crippen LogP contribution in [0.25, 0.3) is 21.9 Å². The molecule has 1 fully saturated rings. The molecule has 0 aliphatic carbocycles. The number of hydrogen-bond acceptors (Lipinski definition) is 11. The fourth-order valence-corrected chi connectivity index (χ4v) is 3.64. The molecule has 0 radical (unpaired) electrons. The van der Waals surface area contributed by atoms with Crippen molar-refractivity contribution in [1.29, 1.82) is 0 Å². The van der Waals surface area contributed by atoms with E-state index in [1.165, 1.54) is 38.5 Å². The quantitative estimate of drug-likeness (QED) is 0.328. The first kappa shape index (κ1) is 22.1. The lowest BCUT2D eigenvalue weighted by atomic mass is 9.99. The predicted molar refractivity (Wildman–Crippen MR) is 109 cm³/mol. The minimum atomic E-state index is -1.70. The molecule has 1 aliphatic heterocycles. The summed E-state index contributed by atoms with van der Waals surface area (Å²) in [5.74, 6) is -0.247. The number of aliphatic hydroxyl groups is 4. The summed E-state index contributed by atoms with van der Waals surface area (Å²) in [6.45, 7) is -0.649. The van der Waals surface area contributed by atoms with Gasteiger partial charge in [0, 0.05) is 12.1 Å². The van der Waals surface area contributed by atoms with Gasteiger partial charge in [0.25, 0.3) is 0 Å². The van der Waals surface area contributed by atoms with E-state index in [1.807, 2.05) is 0 Å². The molecule has 0 bridgehead atoms. The topological polar surface area (TPSA) is 168 Å². The van der Waals surface area contributed by atoms with E-state index in [-0.39, 0.29) is 39.2 Å². The zero-order valence-corrected chi connectivity index (χ0v) is 17.1. The third kappa shape index (κ3) is 3.49. The van der Waals surface area contributed by atoms with E-state index in [4.69, 9.17) is 23.4 Å². The van der Waals surface area contributed by atoms with Crippen LogP contribution in [0.1, 0.15) is 0 Å². The zero-order valence-electron chi connectivity index (χ0n) is 17.1. The summed E-state index contributed by atoms with van der Waals surface area (Å²) >= 11 is 0. The zero-order chi connectivity index (χ0) is 23.2. The second-order valence-corrected chi connectivity index (χ2v) is 7.23. The van der Waals surface area contributed by atoms with E-state index >= 15 is 0 Å². The van der Waals surface area contributed by atoms with Crippen LogP contribution < -0.4 is 19.6 Å². The van der Waals surface area contributed by atoms with Crippen molar-refractivity contribution in [2.24, 2.45) is 0 Å². The molecular formula is C21H22O11. The number of rotatable bonds is 5. The lowest BCUT2D eigenvalue weighted by Gasteiger charge is -2.39. The maximum atomic E-state index is 13.3. The van der Waals surface area contributed by atoms with Crippen LogP contribution in [-0.4, -0.2) is 77.1 Å². The number of aromatic hydroxyl groups is 1. The van der Waals surface area contributed by atoms with Crippen LogP contribution in [0.15, 0.2) is 33.5 Å². The van der Waals surface area contributed by atoms with Crippen molar-refractivity contribution in [3.63, 3.8) is 0 Å². The Hall–Kier alpha value is -3.09. The molecule has 3 aromatic rings. The van der Waals surface area contributed by atoms with E-state index in [0.717, 1.165) is 0 Å². The highest BCUT2D eigenvalue weighted by atomic mass is 16.7. The van der Waals surface area contributed by atoms with Crippen LogP contribution in [0.3, 0.4) is 0 Å². The summed E-state index contributed by atoms with van der Waals surface area (Å²) < 4.78 is 27.1. The third-order valence-electron chi connectivity index (χ3n) is 5.36. The highest BCUT2D eigenvalue weighted by molar-refractivity contribution is 5.97. The molecule has 2 heterocycles. The maximum Gasteiger partial charge on any atom is 0.229 e. The van der Waals surface area contributed by atoms with Gasteiger partial charge in [0.15, 0.2) is 11.5 Å². The monoisotopic (exact) mass is 450 g/mol. The van der Waals surface area contributed by atoms with E-state index in [9.17, 15) is 30.3 Å². The fourth-order valence-electron chi connectivity index (χ4n) is 3.64. The number of aliphatic hydroxyl groups excluding tert-OH is 4. The Morgan fingerprint density at radius 2 is 1.69 bits per heavy atom. The molecule has 32 heavy (non-hydrogen) atoms. The predicted octanol–water partition coefficient (Wildman–Crippen LogP) is -0.152. The molecule has 5 unspecified atom stereocenters. The molecule has 1 aliphatic rings. The van der Waals surface area contributed by atoms with E-state index in [1.54, 1.807) is 0 Å². The number of ether oxygens (including phenoxy) is 4. The van der Waals surface area contributed by atoms with Crippen LogP contribution in [0, 0.1) is 0 Å². The van der Waals surface area contributed by atoms with Crippen molar-refractivity contribution >= 4 is 21.9 Å². The summed E-state index contributed by atoms with van der Waals surface area (Å²) in [6.07, 6.45) is -7.70. The Morgan fingerprint density at radius 3 is 2.34 bits per heavy atom. The van der Waals surface area contributed by atoms with Crippen molar-refractivity contribution in [2.75, 3.05) is 20.8 Å². The smallest absolute Gasteiger partial charge is 0.229 e. The molecule has 11 heteroatoms. The van der Waals surface area contributed by atoms with Gasteiger partial charge in [-0.3, -0.25) is 4.79 Å². The van der Waals surface area contributed by atoms with Gasteiger partial charge in [0.05, 0.1) is 20.8 Å². The van der Waals surface area contributed by atoms with Gasteiger partial charge in [0.1, 0.15) is 57.9 Å². The van der Waals surface area contributed by atoms with Crippen LogP contribution in [-0.2, 0) is 4.74 Å². The Labute approximate surface area is 180 Å². The van der Waals surface area contributed by atoms with Crippen LogP contribution in [0.2, 0.25) is 0 Å². The second-order valence-electron chi connectivity index (χ2n) is 7.23. The number of phenolic OH excluding ortho intramolecular Hbond substituents is 1. The van der Waals surface area contributed by atoms with Gasteiger partial charge >= 0.3 is 0 Å². The first-order valence-corrected chi connectivity index (χ1v) is 9.62. The summed E-state index contributed by atoms with van der Waals surface area (Å²) in [5.41, 5.74) is -0.501. The van der Waals surface area contributed by atoms with Crippen molar-refractivity contribution in [3.05, 3.63) is 34.5 Å². The summed E-state index contributed by atoms with van der Waals surface area (Å²) in [4.78, 5) is 13.3. The lowest BCUT2D eigenvalue weighted by molar-refractivity contribution is -0.277. The molecule has 4 rings (SSSR count). The molecule has 11 nitrogen and oxygen atoms in total. The minimum Gasteiger partial charge on any atom is -0.504 e. The third-order valence-corrected chi connectivity index (χ3v) is 5.36. The Balaban J connectivity index is 1.90. The first-order chi connectivity index (χ1) is 15.3. The standard InChI is InChI=1S/C21H22O11/c1-28-8-5-11-14(18(25)15-9(30-11)3-4-10(29-2)16(15)23)12(6-8)31-21-20(27)19(26)17(24)13(7-22)32-21/h3-6,13,17,19-24,26-27H,7H2,1-2H3. The Kier molecular flexibility index (Phi) is 5.84.